The first-order chi connectivity index (χ1) is 7.82. The van der Waals surface area contributed by atoms with Crippen LogP contribution < -0.4 is 0 Å². The Hall–Kier alpha value is -1.85. The first kappa shape index (κ1) is 13.2. The fourth-order valence-corrected chi connectivity index (χ4v) is 1.22. The van der Waals surface area contributed by atoms with Crippen molar-refractivity contribution in [2.75, 3.05) is 6.61 Å². The van der Waals surface area contributed by atoms with Crippen LogP contribution in [0.25, 0.3) is 0 Å². The summed E-state index contributed by atoms with van der Waals surface area (Å²) < 4.78 is 42.0. The molecule has 0 atom stereocenters. The minimum Gasteiger partial charge on any atom is -0.457 e. The number of halogens is 3. The average molecular weight is 246 g/mol. The third kappa shape index (κ3) is 3.58. The van der Waals surface area contributed by atoms with Crippen molar-refractivity contribution in [1.29, 1.82) is 0 Å². The topological polar surface area (TPSA) is 43.4 Å². The smallest absolute Gasteiger partial charge is 0.417 e. The highest BCUT2D eigenvalue weighted by Gasteiger charge is 2.34. The summed E-state index contributed by atoms with van der Waals surface area (Å²) in [6.07, 6.45) is -4.61. The average Bonchev–Trinajstić information content (AvgIpc) is 2.24. The van der Waals surface area contributed by atoms with Crippen LogP contribution in [0.2, 0.25) is 0 Å². The van der Waals surface area contributed by atoms with Gasteiger partial charge >= 0.3 is 12.1 Å². The SMILES string of the molecule is CC(=O)OCC(=O)c1ccccc1C(F)(F)F. The molecule has 0 N–H and O–H groups in total. The Kier molecular flexibility index (Phi) is 3.88. The lowest BCUT2D eigenvalue weighted by molar-refractivity contribution is -0.139. The van der Waals surface area contributed by atoms with Gasteiger partial charge in [-0.2, -0.15) is 13.2 Å². The third-order valence-corrected chi connectivity index (χ3v) is 1.94. The number of hydrogen-bond acceptors (Lipinski definition) is 3. The molecule has 0 fully saturated rings. The fraction of sp³-hybridized carbons (Fsp3) is 0.273. The maximum atomic E-state index is 12.5. The molecule has 6 heteroatoms. The van der Waals surface area contributed by atoms with E-state index in [4.69, 9.17) is 0 Å². The van der Waals surface area contributed by atoms with Gasteiger partial charge in [-0.05, 0) is 6.07 Å². The van der Waals surface area contributed by atoms with E-state index in [1.165, 1.54) is 12.1 Å². The molecule has 0 aromatic heterocycles. The first-order valence-corrected chi connectivity index (χ1v) is 4.65. The number of esters is 1. The Morgan fingerprint density at radius 3 is 2.35 bits per heavy atom. The minimum atomic E-state index is -4.61. The molecule has 0 radical (unpaired) electrons. The summed E-state index contributed by atoms with van der Waals surface area (Å²) in [6, 6.07) is 4.36. The second kappa shape index (κ2) is 4.99. The standard InChI is InChI=1S/C11H9F3O3/c1-7(15)17-6-10(16)8-4-2-3-5-9(8)11(12,13)14/h2-5H,6H2,1H3. The van der Waals surface area contributed by atoms with Crippen LogP contribution in [0.4, 0.5) is 13.2 Å². The predicted octanol–water partition coefficient (Wildman–Crippen LogP) is 2.45. The van der Waals surface area contributed by atoms with Gasteiger partial charge in [0.15, 0.2) is 6.61 Å². The van der Waals surface area contributed by atoms with Gasteiger partial charge in [-0.1, -0.05) is 18.2 Å². The summed E-state index contributed by atoms with van der Waals surface area (Å²) in [6.45, 7) is 0.380. The molecule has 0 aliphatic carbocycles. The predicted molar refractivity (Wildman–Crippen MR) is 52.4 cm³/mol. The molecule has 1 aromatic carbocycles. The zero-order chi connectivity index (χ0) is 13.1. The summed E-state index contributed by atoms with van der Waals surface area (Å²) >= 11 is 0. The molecule has 0 aliphatic heterocycles. The Bertz CT molecular complexity index is 438. The summed E-state index contributed by atoms with van der Waals surface area (Å²) in [5.41, 5.74) is -1.53. The van der Waals surface area contributed by atoms with Gasteiger partial charge in [-0.3, -0.25) is 9.59 Å². The number of ketones is 1. The lowest BCUT2D eigenvalue weighted by Crippen LogP contribution is -2.17. The second-order valence-corrected chi connectivity index (χ2v) is 3.25. The van der Waals surface area contributed by atoms with E-state index in [-0.39, 0.29) is 0 Å². The van der Waals surface area contributed by atoms with Crippen molar-refractivity contribution in [1.82, 2.24) is 0 Å². The summed E-state index contributed by atoms with van der Waals surface area (Å²) in [4.78, 5) is 21.9. The van der Waals surface area contributed by atoms with Crippen LogP contribution in [-0.4, -0.2) is 18.4 Å². The molecule has 0 aliphatic rings. The molecule has 0 unspecified atom stereocenters. The van der Waals surface area contributed by atoms with Crippen LogP contribution >= 0.6 is 0 Å². The quantitative estimate of drug-likeness (QED) is 0.607. The van der Waals surface area contributed by atoms with E-state index in [2.05, 4.69) is 4.74 Å². The van der Waals surface area contributed by atoms with Crippen molar-refractivity contribution in [2.24, 2.45) is 0 Å². The van der Waals surface area contributed by atoms with Gasteiger partial charge in [-0.25, -0.2) is 0 Å². The van der Waals surface area contributed by atoms with Crippen LogP contribution in [0.15, 0.2) is 24.3 Å². The Labute approximate surface area is 95.2 Å². The van der Waals surface area contributed by atoms with Crippen molar-refractivity contribution in [3.63, 3.8) is 0 Å². The van der Waals surface area contributed by atoms with Crippen molar-refractivity contribution in [3.8, 4) is 0 Å². The van der Waals surface area contributed by atoms with Crippen molar-refractivity contribution < 1.29 is 27.5 Å². The number of benzene rings is 1. The lowest BCUT2D eigenvalue weighted by Gasteiger charge is -2.11. The largest absolute Gasteiger partial charge is 0.457 e. The lowest BCUT2D eigenvalue weighted by atomic mass is 10.0. The van der Waals surface area contributed by atoms with E-state index in [0.717, 1.165) is 19.1 Å². The van der Waals surface area contributed by atoms with Gasteiger partial charge in [0.25, 0.3) is 0 Å². The summed E-state index contributed by atoms with van der Waals surface area (Å²) in [7, 11) is 0. The number of hydrogen-bond donors (Lipinski definition) is 0. The van der Waals surface area contributed by atoms with Crippen LogP contribution in [0.5, 0.6) is 0 Å². The minimum absolute atomic E-state index is 0.499. The molecule has 3 nitrogen and oxygen atoms in total. The Morgan fingerprint density at radius 2 is 1.82 bits per heavy atom. The summed E-state index contributed by atoms with van der Waals surface area (Å²) in [5, 5.41) is 0. The van der Waals surface area contributed by atoms with Gasteiger partial charge < -0.3 is 4.74 Å². The van der Waals surface area contributed by atoms with Crippen molar-refractivity contribution in [2.45, 2.75) is 13.1 Å². The molecule has 1 aromatic rings. The van der Waals surface area contributed by atoms with E-state index in [1.807, 2.05) is 0 Å². The number of ether oxygens (including phenoxy) is 1. The van der Waals surface area contributed by atoms with E-state index in [1.54, 1.807) is 0 Å². The Morgan fingerprint density at radius 1 is 1.24 bits per heavy atom. The highest BCUT2D eigenvalue weighted by molar-refractivity contribution is 5.99. The van der Waals surface area contributed by atoms with Crippen LogP contribution in [0.3, 0.4) is 0 Å². The number of carbonyl (C=O) groups excluding carboxylic acids is 2. The molecule has 17 heavy (non-hydrogen) atoms. The van der Waals surface area contributed by atoms with Crippen molar-refractivity contribution in [3.05, 3.63) is 35.4 Å². The summed E-state index contributed by atoms with van der Waals surface area (Å²) in [5.74, 6) is -1.60. The fourth-order valence-electron chi connectivity index (χ4n) is 1.22. The molecule has 0 bridgehead atoms. The monoisotopic (exact) mass is 246 g/mol. The maximum absolute atomic E-state index is 12.5. The first-order valence-electron chi connectivity index (χ1n) is 4.65. The molecule has 0 amide bonds. The highest BCUT2D eigenvalue weighted by Crippen LogP contribution is 2.31. The van der Waals surface area contributed by atoms with E-state index in [9.17, 15) is 22.8 Å². The molecular formula is C11H9F3O3. The van der Waals surface area contributed by atoms with Crippen molar-refractivity contribution >= 4 is 11.8 Å². The number of Topliss-reactive ketones (excluding diaryl/α,β-unsaturated/α-hetero) is 1. The zero-order valence-corrected chi connectivity index (χ0v) is 8.88. The van der Waals surface area contributed by atoms with Gasteiger partial charge in [0.05, 0.1) is 5.56 Å². The normalized spacial score (nSPS) is 11.1. The molecule has 0 heterocycles. The number of rotatable bonds is 3. The van der Waals surface area contributed by atoms with Crippen LogP contribution in [-0.2, 0) is 15.7 Å². The Balaban J connectivity index is 2.98. The zero-order valence-electron chi connectivity index (χ0n) is 8.88. The highest BCUT2D eigenvalue weighted by atomic mass is 19.4. The molecule has 1 rings (SSSR count). The molecule has 92 valence electrons. The molecule has 0 saturated heterocycles. The van der Waals surface area contributed by atoms with Gasteiger partial charge in [0, 0.05) is 12.5 Å². The number of carbonyl (C=O) groups is 2. The molecule has 0 spiro atoms. The van der Waals surface area contributed by atoms with Gasteiger partial charge in [-0.15, -0.1) is 0 Å². The third-order valence-electron chi connectivity index (χ3n) is 1.94. The van der Waals surface area contributed by atoms with Crippen LogP contribution in [0.1, 0.15) is 22.8 Å². The van der Waals surface area contributed by atoms with Crippen LogP contribution in [0, 0.1) is 0 Å². The van der Waals surface area contributed by atoms with Gasteiger partial charge in [0.1, 0.15) is 0 Å². The maximum Gasteiger partial charge on any atom is 0.417 e. The van der Waals surface area contributed by atoms with E-state index in [0.29, 0.717) is 0 Å². The van der Waals surface area contributed by atoms with E-state index >= 15 is 0 Å². The second-order valence-electron chi connectivity index (χ2n) is 3.25. The van der Waals surface area contributed by atoms with E-state index < -0.39 is 35.7 Å². The molecular weight excluding hydrogens is 237 g/mol. The number of alkyl halides is 3. The molecule has 0 saturated carbocycles. The van der Waals surface area contributed by atoms with Gasteiger partial charge in [0.2, 0.25) is 5.78 Å².